The number of hydrogen-bond donors (Lipinski definition) is 1. The van der Waals surface area contributed by atoms with Crippen molar-refractivity contribution in [2.75, 3.05) is 19.7 Å². The molecule has 0 spiro atoms. The molecule has 2 heterocycles. The van der Waals surface area contributed by atoms with E-state index in [2.05, 4.69) is 4.98 Å². The minimum atomic E-state index is -0.490. The van der Waals surface area contributed by atoms with Crippen LogP contribution in [0.5, 0.6) is 5.75 Å². The Morgan fingerprint density at radius 2 is 2.15 bits per heavy atom. The molecule has 140 valence electrons. The average molecular weight is 369 g/mol. The van der Waals surface area contributed by atoms with Gasteiger partial charge in [0.1, 0.15) is 23.2 Å². The summed E-state index contributed by atoms with van der Waals surface area (Å²) in [5, 5.41) is 9.03. The Hall–Kier alpha value is -3.14. The van der Waals surface area contributed by atoms with Crippen LogP contribution in [0.4, 0.5) is 4.39 Å². The Bertz CT molecular complexity index is 931. The molecule has 3 rings (SSSR count). The highest BCUT2D eigenvalue weighted by atomic mass is 19.1. The molecular weight excluding hydrogens is 349 g/mol. The summed E-state index contributed by atoms with van der Waals surface area (Å²) >= 11 is 0. The number of nitriles is 1. The zero-order chi connectivity index (χ0) is 19.4. The first-order valence-electron chi connectivity index (χ1n) is 8.79. The van der Waals surface area contributed by atoms with Crippen LogP contribution in [0, 0.1) is 30.0 Å². The number of H-pyrrole nitrogens is 1. The van der Waals surface area contributed by atoms with Gasteiger partial charge in [0.2, 0.25) is 0 Å². The summed E-state index contributed by atoms with van der Waals surface area (Å²) in [4.78, 5) is 28.8. The van der Waals surface area contributed by atoms with Crippen molar-refractivity contribution in [1.29, 1.82) is 5.26 Å². The Morgan fingerprint density at radius 1 is 1.41 bits per heavy atom. The van der Waals surface area contributed by atoms with Gasteiger partial charge in [-0.25, -0.2) is 4.39 Å². The first kappa shape index (κ1) is 18.6. The number of aromatic nitrogens is 1. The van der Waals surface area contributed by atoms with Crippen molar-refractivity contribution >= 4 is 5.91 Å². The minimum absolute atomic E-state index is 0.0721. The van der Waals surface area contributed by atoms with E-state index in [4.69, 9.17) is 10.00 Å². The minimum Gasteiger partial charge on any atom is -0.493 e. The largest absolute Gasteiger partial charge is 0.493 e. The van der Waals surface area contributed by atoms with E-state index in [0.717, 1.165) is 12.8 Å². The summed E-state index contributed by atoms with van der Waals surface area (Å²) in [5.74, 6) is 0.234. The van der Waals surface area contributed by atoms with E-state index in [1.165, 1.54) is 18.2 Å². The van der Waals surface area contributed by atoms with Crippen molar-refractivity contribution in [1.82, 2.24) is 9.88 Å². The second-order valence-electron chi connectivity index (χ2n) is 6.69. The topological polar surface area (TPSA) is 86.2 Å². The summed E-state index contributed by atoms with van der Waals surface area (Å²) in [6.07, 6.45) is 1.77. The highest BCUT2D eigenvalue weighted by Gasteiger charge is 2.26. The van der Waals surface area contributed by atoms with Crippen LogP contribution in [0.25, 0.3) is 0 Å². The van der Waals surface area contributed by atoms with Crippen LogP contribution in [-0.4, -0.2) is 35.5 Å². The molecule has 1 atom stereocenters. The molecule has 1 aromatic heterocycles. The Morgan fingerprint density at radius 3 is 2.85 bits per heavy atom. The number of rotatable bonds is 4. The third-order valence-electron chi connectivity index (χ3n) is 4.69. The van der Waals surface area contributed by atoms with Gasteiger partial charge < -0.3 is 14.6 Å². The van der Waals surface area contributed by atoms with Crippen molar-refractivity contribution < 1.29 is 13.9 Å². The predicted octanol–water partition coefficient (Wildman–Crippen LogP) is 2.63. The fourth-order valence-electron chi connectivity index (χ4n) is 3.23. The van der Waals surface area contributed by atoms with Gasteiger partial charge in [-0.2, -0.15) is 5.26 Å². The van der Waals surface area contributed by atoms with Gasteiger partial charge in [0.15, 0.2) is 0 Å². The first-order valence-corrected chi connectivity index (χ1v) is 8.79. The van der Waals surface area contributed by atoms with E-state index >= 15 is 0 Å². The third-order valence-corrected chi connectivity index (χ3v) is 4.69. The summed E-state index contributed by atoms with van der Waals surface area (Å²) in [7, 11) is 0. The maximum Gasteiger partial charge on any atom is 0.266 e. The van der Waals surface area contributed by atoms with E-state index in [1.807, 2.05) is 6.07 Å². The molecule has 2 aromatic rings. The van der Waals surface area contributed by atoms with E-state index < -0.39 is 5.56 Å². The number of aromatic amines is 1. The molecule has 1 amide bonds. The van der Waals surface area contributed by atoms with Crippen molar-refractivity contribution in [2.24, 2.45) is 5.92 Å². The summed E-state index contributed by atoms with van der Waals surface area (Å²) in [6, 6.07) is 9.01. The van der Waals surface area contributed by atoms with Crippen LogP contribution in [0.1, 0.15) is 34.5 Å². The van der Waals surface area contributed by atoms with Crippen molar-refractivity contribution in [2.45, 2.75) is 19.8 Å². The highest BCUT2D eigenvalue weighted by molar-refractivity contribution is 5.95. The van der Waals surface area contributed by atoms with Gasteiger partial charge in [-0.15, -0.1) is 0 Å². The standard InChI is InChI=1S/C20H20FN3O3/c1-13-18(9-15(10-22)19(25)23-13)20(26)24-8-2-3-14(11-24)12-27-17-6-4-16(21)5-7-17/h4-7,9,14H,2-3,8,11-12H2,1H3,(H,23,25). The fraction of sp³-hybridized carbons (Fsp3) is 0.350. The van der Waals surface area contributed by atoms with Crippen LogP contribution >= 0.6 is 0 Å². The number of pyridine rings is 1. The molecule has 27 heavy (non-hydrogen) atoms. The summed E-state index contributed by atoms with van der Waals surface area (Å²) in [6.45, 7) is 3.23. The molecule has 1 aliphatic heterocycles. The number of piperidine rings is 1. The van der Waals surface area contributed by atoms with Crippen molar-refractivity contribution in [3.8, 4) is 11.8 Å². The van der Waals surface area contributed by atoms with Crippen LogP contribution in [-0.2, 0) is 0 Å². The lowest BCUT2D eigenvalue weighted by molar-refractivity contribution is 0.0632. The predicted molar refractivity (Wildman–Crippen MR) is 97.0 cm³/mol. The number of aryl methyl sites for hydroxylation is 1. The lowest BCUT2D eigenvalue weighted by Gasteiger charge is -2.33. The molecule has 0 aliphatic carbocycles. The Labute approximate surface area is 156 Å². The maximum absolute atomic E-state index is 13.0. The zero-order valence-electron chi connectivity index (χ0n) is 15.0. The molecule has 0 bridgehead atoms. The average Bonchev–Trinajstić information content (AvgIpc) is 2.67. The van der Waals surface area contributed by atoms with E-state index in [-0.39, 0.29) is 23.2 Å². The maximum atomic E-state index is 13.0. The lowest BCUT2D eigenvalue weighted by atomic mass is 9.98. The van der Waals surface area contributed by atoms with Crippen molar-refractivity contribution in [3.63, 3.8) is 0 Å². The number of likely N-dealkylation sites (tertiary alicyclic amines) is 1. The molecule has 1 aliphatic rings. The van der Waals surface area contributed by atoms with Gasteiger partial charge >= 0.3 is 0 Å². The molecule has 1 aromatic carbocycles. The molecule has 6 nitrogen and oxygen atoms in total. The molecule has 1 fully saturated rings. The van der Waals surface area contributed by atoms with E-state index in [9.17, 15) is 14.0 Å². The molecule has 0 saturated carbocycles. The van der Waals surface area contributed by atoms with Gasteiger partial charge in [0, 0.05) is 24.7 Å². The zero-order valence-corrected chi connectivity index (χ0v) is 15.0. The van der Waals surface area contributed by atoms with Crippen LogP contribution in [0.2, 0.25) is 0 Å². The first-order chi connectivity index (χ1) is 13.0. The number of carbonyl (C=O) groups excluding carboxylic acids is 1. The number of hydrogen-bond acceptors (Lipinski definition) is 4. The smallest absolute Gasteiger partial charge is 0.266 e. The van der Waals surface area contributed by atoms with Gasteiger partial charge in [-0.05, 0) is 50.1 Å². The van der Waals surface area contributed by atoms with E-state index in [0.29, 0.717) is 36.7 Å². The Balaban J connectivity index is 1.67. The van der Waals surface area contributed by atoms with E-state index in [1.54, 1.807) is 24.0 Å². The molecule has 1 N–H and O–H groups in total. The number of halogens is 1. The molecule has 0 radical (unpaired) electrons. The summed E-state index contributed by atoms with van der Waals surface area (Å²) in [5.41, 5.74) is 0.229. The number of amides is 1. The fourth-order valence-corrected chi connectivity index (χ4v) is 3.23. The Kier molecular flexibility index (Phi) is 5.55. The van der Waals surface area contributed by atoms with Gasteiger partial charge in [-0.1, -0.05) is 0 Å². The number of nitrogens with zero attached hydrogens (tertiary/aromatic N) is 2. The molecule has 1 saturated heterocycles. The van der Waals surface area contributed by atoms with Crippen LogP contribution in [0.3, 0.4) is 0 Å². The molecule has 7 heteroatoms. The number of carbonyl (C=O) groups is 1. The second kappa shape index (κ2) is 8.04. The number of benzene rings is 1. The monoisotopic (exact) mass is 369 g/mol. The lowest BCUT2D eigenvalue weighted by Crippen LogP contribution is -2.42. The number of nitrogens with one attached hydrogen (secondary N) is 1. The SMILES string of the molecule is Cc1[nH]c(=O)c(C#N)cc1C(=O)N1CCCC(COc2ccc(F)cc2)C1. The highest BCUT2D eigenvalue weighted by Crippen LogP contribution is 2.21. The van der Waals surface area contributed by atoms with Gasteiger partial charge in [-0.3, -0.25) is 9.59 Å². The van der Waals surface area contributed by atoms with Crippen molar-refractivity contribution in [3.05, 3.63) is 63.3 Å². The quantitative estimate of drug-likeness (QED) is 0.898. The van der Waals surface area contributed by atoms with Gasteiger partial charge in [0.05, 0.1) is 12.2 Å². The molecular formula is C20H20FN3O3. The third kappa shape index (κ3) is 4.34. The second-order valence-corrected chi connectivity index (χ2v) is 6.69. The van der Waals surface area contributed by atoms with Crippen LogP contribution < -0.4 is 10.3 Å². The number of ether oxygens (including phenoxy) is 1. The molecule has 1 unspecified atom stereocenters. The van der Waals surface area contributed by atoms with Gasteiger partial charge in [0.25, 0.3) is 11.5 Å². The normalized spacial score (nSPS) is 16.6. The summed E-state index contributed by atoms with van der Waals surface area (Å²) < 4.78 is 18.7. The van der Waals surface area contributed by atoms with Crippen LogP contribution in [0.15, 0.2) is 35.1 Å².